The fraction of sp³-hybridized carbons (Fsp3) is 0.0385. The summed E-state index contributed by atoms with van der Waals surface area (Å²) in [7, 11) is 0. The van der Waals surface area contributed by atoms with Gasteiger partial charge in [-0.3, -0.25) is 14.2 Å². The molecule has 0 unspecified atom stereocenters. The molecule has 2 aromatic carbocycles. The highest BCUT2D eigenvalue weighted by Gasteiger charge is 2.18. The molecular formula is C26H17F4N7O3. The third-order valence-corrected chi connectivity index (χ3v) is 5.44. The van der Waals surface area contributed by atoms with E-state index in [2.05, 4.69) is 32.3 Å². The maximum atomic E-state index is 14.3. The number of anilines is 3. The molecule has 0 atom stereocenters. The predicted molar refractivity (Wildman–Crippen MR) is 137 cm³/mol. The number of benzene rings is 2. The number of carbonyl (C=O) groups excluding carboxylic acids is 1. The van der Waals surface area contributed by atoms with Crippen molar-refractivity contribution in [3.63, 3.8) is 0 Å². The summed E-state index contributed by atoms with van der Waals surface area (Å²) >= 11 is 0. The molecule has 3 aromatic heterocycles. The second-order valence-electron chi connectivity index (χ2n) is 8.15. The van der Waals surface area contributed by atoms with Crippen LogP contribution in [0, 0.1) is 11.6 Å². The summed E-state index contributed by atoms with van der Waals surface area (Å²) in [5.41, 5.74) is -0.00174. The van der Waals surface area contributed by atoms with Gasteiger partial charge in [-0.15, -0.1) is 0 Å². The zero-order valence-electron chi connectivity index (χ0n) is 20.2. The lowest BCUT2D eigenvalue weighted by atomic mass is 10.2. The normalized spacial score (nSPS) is 11.0. The summed E-state index contributed by atoms with van der Waals surface area (Å²) in [6, 6.07) is 10.1. The van der Waals surface area contributed by atoms with E-state index < -0.39 is 35.4 Å². The van der Waals surface area contributed by atoms with Gasteiger partial charge in [0.25, 0.3) is 5.56 Å². The number of nitrogens with zero attached hydrogens (tertiary/aromatic N) is 5. The maximum absolute atomic E-state index is 14.3. The van der Waals surface area contributed by atoms with Gasteiger partial charge in [0.15, 0.2) is 23.0 Å². The standard InChI is InChI=1S/C26H17F4N7O3/c1-2-22(38)33-16-4-3-5-18(10-16)37-23-14(8-21(24(37)39)40-20-7-6-15(27)9-19(20)28)11-31-26(35-23)34-17-12-32-36(13-17)25(29)30/h2-13,25H,1H2,(H,33,38)(H,31,34,35). The third-order valence-electron chi connectivity index (χ3n) is 5.44. The summed E-state index contributed by atoms with van der Waals surface area (Å²) in [5, 5.41) is 9.14. The van der Waals surface area contributed by atoms with Gasteiger partial charge in [0, 0.05) is 23.3 Å². The highest BCUT2D eigenvalue weighted by Crippen LogP contribution is 2.27. The Morgan fingerprint density at radius 3 is 2.60 bits per heavy atom. The number of rotatable bonds is 8. The lowest BCUT2D eigenvalue weighted by Crippen LogP contribution is -2.21. The monoisotopic (exact) mass is 551 g/mol. The second kappa shape index (κ2) is 10.7. The molecule has 5 aromatic rings. The van der Waals surface area contributed by atoms with Crippen molar-refractivity contribution < 1.29 is 27.1 Å². The molecule has 1 amide bonds. The molecule has 0 bridgehead atoms. The molecule has 0 fully saturated rings. The van der Waals surface area contributed by atoms with Crippen molar-refractivity contribution in [2.24, 2.45) is 0 Å². The number of carbonyl (C=O) groups is 1. The van der Waals surface area contributed by atoms with Gasteiger partial charge in [-0.2, -0.15) is 18.9 Å². The molecule has 202 valence electrons. The Morgan fingerprint density at radius 2 is 1.88 bits per heavy atom. The molecule has 10 nitrogen and oxygen atoms in total. The zero-order chi connectivity index (χ0) is 28.4. The molecule has 0 saturated heterocycles. The minimum absolute atomic E-state index is 0.0520. The smallest absolute Gasteiger partial charge is 0.333 e. The molecule has 0 radical (unpaired) electrons. The van der Waals surface area contributed by atoms with Crippen molar-refractivity contribution in [2.75, 3.05) is 10.6 Å². The van der Waals surface area contributed by atoms with Gasteiger partial charge in [0.2, 0.25) is 11.9 Å². The quantitative estimate of drug-likeness (QED) is 0.198. The second-order valence-corrected chi connectivity index (χ2v) is 8.15. The van der Waals surface area contributed by atoms with Crippen LogP contribution in [-0.4, -0.2) is 30.2 Å². The van der Waals surface area contributed by atoms with Gasteiger partial charge < -0.3 is 15.4 Å². The number of ether oxygens (including phenoxy) is 1. The van der Waals surface area contributed by atoms with Crippen LogP contribution < -0.4 is 20.9 Å². The Morgan fingerprint density at radius 1 is 1.05 bits per heavy atom. The number of aromatic nitrogens is 5. The largest absolute Gasteiger partial charge is 0.448 e. The summed E-state index contributed by atoms with van der Waals surface area (Å²) in [6.45, 7) is 0.552. The van der Waals surface area contributed by atoms with E-state index in [1.54, 1.807) is 18.2 Å². The van der Waals surface area contributed by atoms with Crippen LogP contribution >= 0.6 is 0 Å². The van der Waals surface area contributed by atoms with Crippen LogP contribution in [0.4, 0.5) is 34.9 Å². The fourth-order valence-corrected chi connectivity index (χ4v) is 3.68. The minimum atomic E-state index is -2.85. The predicted octanol–water partition coefficient (Wildman–Crippen LogP) is 5.31. The van der Waals surface area contributed by atoms with Crippen LogP contribution in [0.25, 0.3) is 16.7 Å². The molecule has 0 saturated carbocycles. The molecule has 2 N–H and O–H groups in total. The highest BCUT2D eigenvalue weighted by molar-refractivity contribution is 5.99. The van der Waals surface area contributed by atoms with E-state index in [0.717, 1.165) is 35.2 Å². The van der Waals surface area contributed by atoms with Crippen LogP contribution in [0.2, 0.25) is 0 Å². The average molecular weight is 551 g/mol. The average Bonchev–Trinajstić information content (AvgIpc) is 3.40. The van der Waals surface area contributed by atoms with E-state index in [4.69, 9.17) is 4.74 Å². The molecule has 0 aliphatic carbocycles. The lowest BCUT2D eigenvalue weighted by molar-refractivity contribution is -0.111. The van der Waals surface area contributed by atoms with E-state index >= 15 is 0 Å². The summed E-state index contributed by atoms with van der Waals surface area (Å²) in [4.78, 5) is 34.0. The van der Waals surface area contributed by atoms with Crippen molar-refractivity contribution in [1.82, 2.24) is 24.3 Å². The first kappa shape index (κ1) is 26.1. The number of alkyl halides is 2. The van der Waals surface area contributed by atoms with Crippen LogP contribution in [0.3, 0.4) is 0 Å². The van der Waals surface area contributed by atoms with Gasteiger partial charge in [-0.1, -0.05) is 12.6 Å². The van der Waals surface area contributed by atoms with E-state index in [0.29, 0.717) is 16.4 Å². The Bertz CT molecular complexity index is 1820. The topological polar surface area (TPSA) is 116 Å². The maximum Gasteiger partial charge on any atom is 0.333 e. The first-order valence-corrected chi connectivity index (χ1v) is 11.4. The number of amides is 1. The van der Waals surface area contributed by atoms with E-state index in [-0.39, 0.29) is 34.1 Å². The van der Waals surface area contributed by atoms with Crippen molar-refractivity contribution >= 4 is 34.3 Å². The van der Waals surface area contributed by atoms with Crippen molar-refractivity contribution in [1.29, 1.82) is 0 Å². The summed E-state index contributed by atoms with van der Waals surface area (Å²) in [6.07, 6.45) is 4.59. The van der Waals surface area contributed by atoms with E-state index in [1.165, 1.54) is 18.3 Å². The Kier molecular flexibility index (Phi) is 6.97. The number of hydrogen-bond donors (Lipinski definition) is 2. The summed E-state index contributed by atoms with van der Waals surface area (Å²) in [5.74, 6) is -3.13. The fourth-order valence-electron chi connectivity index (χ4n) is 3.68. The van der Waals surface area contributed by atoms with Gasteiger partial charge in [-0.25, -0.2) is 18.4 Å². The number of hydrogen-bond acceptors (Lipinski definition) is 7. The van der Waals surface area contributed by atoms with Crippen LogP contribution in [0.1, 0.15) is 6.55 Å². The number of pyridine rings is 1. The Labute approximate surface area is 222 Å². The van der Waals surface area contributed by atoms with Crippen LogP contribution in [0.5, 0.6) is 11.5 Å². The first-order chi connectivity index (χ1) is 19.2. The Hall–Kier alpha value is -5.53. The molecular weight excluding hydrogens is 534 g/mol. The summed E-state index contributed by atoms with van der Waals surface area (Å²) < 4.78 is 60.6. The highest BCUT2D eigenvalue weighted by atomic mass is 19.3. The molecule has 14 heteroatoms. The molecule has 5 rings (SSSR count). The van der Waals surface area contributed by atoms with Gasteiger partial charge in [0.1, 0.15) is 5.82 Å². The molecule has 40 heavy (non-hydrogen) atoms. The number of halogens is 4. The minimum Gasteiger partial charge on any atom is -0.448 e. The van der Waals surface area contributed by atoms with Crippen molar-refractivity contribution in [2.45, 2.75) is 6.55 Å². The lowest BCUT2D eigenvalue weighted by Gasteiger charge is -2.15. The van der Waals surface area contributed by atoms with Crippen molar-refractivity contribution in [3.05, 3.63) is 102 Å². The Balaban J connectivity index is 1.65. The first-order valence-electron chi connectivity index (χ1n) is 11.4. The zero-order valence-corrected chi connectivity index (χ0v) is 20.2. The van der Waals surface area contributed by atoms with Gasteiger partial charge in [0.05, 0.1) is 23.8 Å². The van der Waals surface area contributed by atoms with Crippen molar-refractivity contribution in [3.8, 4) is 17.2 Å². The number of fused-ring (bicyclic) bond motifs is 1. The van der Waals surface area contributed by atoms with Gasteiger partial charge >= 0.3 is 6.55 Å². The SMILES string of the molecule is C=CC(=O)Nc1cccc(-n2c(=O)c(Oc3ccc(F)cc3F)cc3cnc(Nc4cnn(C(F)F)c4)nc32)c1. The molecule has 0 aliphatic rings. The molecule has 0 spiro atoms. The van der Waals surface area contributed by atoms with Crippen LogP contribution in [0.15, 0.2) is 84.6 Å². The third kappa shape index (κ3) is 5.36. The van der Waals surface area contributed by atoms with Gasteiger partial charge in [-0.05, 0) is 42.5 Å². The molecule has 0 aliphatic heterocycles. The van der Waals surface area contributed by atoms with Crippen LogP contribution in [-0.2, 0) is 4.79 Å². The molecule has 3 heterocycles. The van der Waals surface area contributed by atoms with E-state index in [1.807, 2.05) is 0 Å². The number of nitrogens with one attached hydrogen (secondary N) is 2. The van der Waals surface area contributed by atoms with E-state index in [9.17, 15) is 27.2 Å².